The van der Waals surface area contributed by atoms with E-state index in [9.17, 15) is 0 Å². The van der Waals surface area contributed by atoms with Gasteiger partial charge in [-0.15, -0.1) is 0 Å². The number of hydrogen-bond donors (Lipinski definition) is 1. The van der Waals surface area contributed by atoms with Crippen molar-refractivity contribution in [3.8, 4) is 0 Å². The van der Waals surface area contributed by atoms with E-state index in [1.54, 1.807) is 0 Å². The summed E-state index contributed by atoms with van der Waals surface area (Å²) < 4.78 is 5.50. The van der Waals surface area contributed by atoms with Gasteiger partial charge in [0.15, 0.2) is 0 Å². The van der Waals surface area contributed by atoms with Crippen molar-refractivity contribution in [2.75, 3.05) is 32.8 Å². The van der Waals surface area contributed by atoms with E-state index in [1.165, 1.54) is 51.7 Å². The zero-order valence-electron chi connectivity index (χ0n) is 13.1. The summed E-state index contributed by atoms with van der Waals surface area (Å²) in [4.78, 5) is 2.75. The Balaban J connectivity index is 1.89. The molecule has 0 aromatic heterocycles. The highest BCUT2D eigenvalue weighted by Gasteiger charge is 2.36. The van der Waals surface area contributed by atoms with Crippen molar-refractivity contribution in [1.82, 2.24) is 10.2 Å². The lowest BCUT2D eigenvalue weighted by Gasteiger charge is -2.47. The smallest absolute Gasteiger partial charge is 0.0495 e. The highest BCUT2D eigenvalue weighted by atomic mass is 16.5. The Bertz CT molecular complexity index is 259. The molecule has 2 saturated heterocycles. The van der Waals surface area contributed by atoms with Crippen LogP contribution in [0.2, 0.25) is 0 Å². The maximum absolute atomic E-state index is 5.50. The second-order valence-corrected chi connectivity index (χ2v) is 6.42. The summed E-state index contributed by atoms with van der Waals surface area (Å²) >= 11 is 0. The van der Waals surface area contributed by atoms with Gasteiger partial charge in [-0.3, -0.25) is 4.90 Å². The lowest BCUT2D eigenvalue weighted by Crippen LogP contribution is -2.63. The molecule has 0 saturated carbocycles. The molecule has 0 amide bonds. The van der Waals surface area contributed by atoms with Gasteiger partial charge in [0.2, 0.25) is 0 Å². The first kappa shape index (κ1) is 15.3. The van der Waals surface area contributed by atoms with Crippen LogP contribution >= 0.6 is 0 Å². The van der Waals surface area contributed by atoms with Gasteiger partial charge in [0.25, 0.3) is 0 Å². The fraction of sp³-hybridized carbons (Fsp3) is 1.00. The fourth-order valence-electron chi connectivity index (χ4n) is 3.58. The molecular weight excluding hydrogens is 236 g/mol. The summed E-state index contributed by atoms with van der Waals surface area (Å²) in [5, 5.41) is 3.82. The highest BCUT2D eigenvalue weighted by Crippen LogP contribution is 2.25. The Morgan fingerprint density at radius 1 is 1.26 bits per heavy atom. The summed E-state index contributed by atoms with van der Waals surface area (Å²) in [6.45, 7) is 12.6. The van der Waals surface area contributed by atoms with Crippen molar-refractivity contribution in [3.05, 3.63) is 0 Å². The maximum atomic E-state index is 5.50. The SMILES string of the molecule is CCC1CNC(CC)(CC)CN1CCC1CCOC1. The molecule has 0 spiro atoms. The monoisotopic (exact) mass is 268 g/mol. The van der Waals surface area contributed by atoms with Crippen molar-refractivity contribution >= 4 is 0 Å². The first-order valence-corrected chi connectivity index (χ1v) is 8.29. The van der Waals surface area contributed by atoms with Crippen molar-refractivity contribution < 1.29 is 4.74 Å². The van der Waals surface area contributed by atoms with E-state index >= 15 is 0 Å². The largest absolute Gasteiger partial charge is 0.381 e. The summed E-state index contributed by atoms with van der Waals surface area (Å²) in [7, 11) is 0. The topological polar surface area (TPSA) is 24.5 Å². The predicted octanol–water partition coefficient (Wildman–Crippen LogP) is 2.66. The number of nitrogens with one attached hydrogen (secondary N) is 1. The molecule has 3 nitrogen and oxygen atoms in total. The van der Waals surface area contributed by atoms with Crippen molar-refractivity contribution in [2.45, 2.75) is 64.5 Å². The molecule has 0 aromatic carbocycles. The van der Waals surface area contributed by atoms with Crippen LogP contribution in [0, 0.1) is 5.92 Å². The van der Waals surface area contributed by atoms with Crippen molar-refractivity contribution in [3.63, 3.8) is 0 Å². The summed E-state index contributed by atoms with van der Waals surface area (Å²) in [6.07, 6.45) is 6.33. The molecule has 2 aliphatic heterocycles. The molecule has 3 heteroatoms. The summed E-state index contributed by atoms with van der Waals surface area (Å²) in [5.41, 5.74) is 0.359. The highest BCUT2D eigenvalue weighted by molar-refractivity contribution is 4.96. The quantitative estimate of drug-likeness (QED) is 0.801. The Kier molecular flexibility index (Phi) is 5.67. The van der Waals surface area contributed by atoms with Gasteiger partial charge in [-0.25, -0.2) is 0 Å². The second kappa shape index (κ2) is 7.05. The minimum atomic E-state index is 0.359. The molecule has 2 rings (SSSR count). The molecule has 1 N–H and O–H groups in total. The van der Waals surface area contributed by atoms with Gasteiger partial charge < -0.3 is 10.1 Å². The predicted molar refractivity (Wildman–Crippen MR) is 80.5 cm³/mol. The molecule has 2 atom stereocenters. The zero-order valence-corrected chi connectivity index (χ0v) is 13.1. The van der Waals surface area contributed by atoms with Gasteiger partial charge in [-0.05, 0) is 44.6 Å². The Morgan fingerprint density at radius 2 is 2.05 bits per heavy atom. The molecular formula is C16H32N2O. The van der Waals surface area contributed by atoms with E-state index in [0.29, 0.717) is 5.54 Å². The van der Waals surface area contributed by atoms with Crippen LogP contribution in [-0.2, 0) is 4.74 Å². The van der Waals surface area contributed by atoms with E-state index in [0.717, 1.165) is 25.2 Å². The minimum Gasteiger partial charge on any atom is -0.381 e. The van der Waals surface area contributed by atoms with Crippen LogP contribution in [0.5, 0.6) is 0 Å². The number of rotatable bonds is 6. The summed E-state index contributed by atoms with van der Waals surface area (Å²) in [6, 6.07) is 0.730. The lowest BCUT2D eigenvalue weighted by molar-refractivity contribution is 0.0647. The third kappa shape index (κ3) is 3.71. The first-order valence-electron chi connectivity index (χ1n) is 8.29. The van der Waals surface area contributed by atoms with Crippen LogP contribution in [0.25, 0.3) is 0 Å². The molecule has 2 aliphatic rings. The Morgan fingerprint density at radius 3 is 2.63 bits per heavy atom. The van der Waals surface area contributed by atoms with E-state index in [2.05, 4.69) is 31.0 Å². The van der Waals surface area contributed by atoms with E-state index in [4.69, 9.17) is 4.74 Å². The molecule has 19 heavy (non-hydrogen) atoms. The average Bonchev–Trinajstić information content (AvgIpc) is 2.98. The van der Waals surface area contributed by atoms with Crippen LogP contribution in [0.3, 0.4) is 0 Å². The first-order chi connectivity index (χ1) is 9.23. The number of nitrogens with zero attached hydrogens (tertiary/aromatic N) is 1. The average molecular weight is 268 g/mol. The molecule has 0 bridgehead atoms. The minimum absolute atomic E-state index is 0.359. The van der Waals surface area contributed by atoms with E-state index in [-0.39, 0.29) is 0 Å². The number of ether oxygens (including phenoxy) is 1. The van der Waals surface area contributed by atoms with Crippen LogP contribution in [0.15, 0.2) is 0 Å². The second-order valence-electron chi connectivity index (χ2n) is 6.42. The van der Waals surface area contributed by atoms with Crippen molar-refractivity contribution in [2.24, 2.45) is 5.92 Å². The Hall–Kier alpha value is -0.120. The molecule has 0 radical (unpaired) electrons. The van der Waals surface area contributed by atoms with E-state index < -0.39 is 0 Å². The normalized spacial score (nSPS) is 31.7. The van der Waals surface area contributed by atoms with Gasteiger partial charge >= 0.3 is 0 Å². The fourth-order valence-corrected chi connectivity index (χ4v) is 3.58. The van der Waals surface area contributed by atoms with Crippen molar-refractivity contribution in [1.29, 1.82) is 0 Å². The lowest BCUT2D eigenvalue weighted by atomic mass is 9.87. The van der Waals surface area contributed by atoms with Crippen LogP contribution < -0.4 is 5.32 Å². The van der Waals surface area contributed by atoms with E-state index in [1.807, 2.05) is 0 Å². The third-order valence-corrected chi connectivity index (χ3v) is 5.41. The Labute approximate surface area is 119 Å². The number of piperazine rings is 1. The van der Waals surface area contributed by atoms with Crippen LogP contribution in [0.4, 0.5) is 0 Å². The van der Waals surface area contributed by atoms with Gasteiger partial charge in [-0.1, -0.05) is 20.8 Å². The molecule has 2 heterocycles. The zero-order chi connectivity index (χ0) is 13.7. The molecule has 0 aliphatic carbocycles. The van der Waals surface area contributed by atoms with Gasteiger partial charge in [-0.2, -0.15) is 0 Å². The third-order valence-electron chi connectivity index (χ3n) is 5.41. The molecule has 0 aromatic rings. The number of hydrogen-bond acceptors (Lipinski definition) is 3. The summed E-state index contributed by atoms with van der Waals surface area (Å²) in [5.74, 6) is 0.810. The standard InChI is InChI=1S/C16H32N2O/c1-4-15-11-17-16(5-2,6-3)13-18(15)9-7-14-8-10-19-12-14/h14-15,17H,4-13H2,1-3H3. The molecule has 2 fully saturated rings. The van der Waals surface area contributed by atoms with Crippen LogP contribution in [-0.4, -0.2) is 49.3 Å². The van der Waals surface area contributed by atoms with Gasteiger partial charge in [0, 0.05) is 37.9 Å². The molecule has 112 valence electrons. The molecule has 2 unspecified atom stereocenters. The maximum Gasteiger partial charge on any atom is 0.0495 e. The van der Waals surface area contributed by atoms with Crippen LogP contribution in [0.1, 0.15) is 52.9 Å². The van der Waals surface area contributed by atoms with Gasteiger partial charge in [0.05, 0.1) is 0 Å². The van der Waals surface area contributed by atoms with Gasteiger partial charge in [0.1, 0.15) is 0 Å².